The summed E-state index contributed by atoms with van der Waals surface area (Å²) in [6, 6.07) is 0. The second-order valence-corrected chi connectivity index (χ2v) is 2.75. The topological polar surface area (TPSA) is 34.1 Å². The fraction of sp³-hybridized carbons (Fsp3) is 0.500. The van der Waals surface area contributed by atoms with Gasteiger partial charge in [-0.3, -0.25) is 8.42 Å². The Hall–Kier alpha value is 1.38. The molecule has 0 aliphatic rings. The van der Waals surface area contributed by atoms with Crippen LogP contribution in [0.4, 0.5) is 13.2 Å². The Kier molecular flexibility index (Phi) is 5.31. The van der Waals surface area contributed by atoms with Crippen molar-refractivity contribution in [3.05, 3.63) is 6.26 Å². The van der Waals surface area contributed by atoms with Crippen LogP contribution in [0.5, 0.6) is 0 Å². The van der Waals surface area contributed by atoms with Gasteiger partial charge in [-0.15, -0.1) is 0 Å². The summed E-state index contributed by atoms with van der Waals surface area (Å²) in [5, 5.41) is 0. The zero-order chi connectivity index (χ0) is 7.00. The number of sulfone groups is 1. The maximum atomic E-state index is 10.9. The maximum absolute atomic E-state index is 10.9. The molecule has 0 fully saturated rings. The van der Waals surface area contributed by atoms with Gasteiger partial charge in [-0.2, -0.15) is 13.2 Å². The molecule has 0 aromatic rings. The van der Waals surface area contributed by atoms with Crippen molar-refractivity contribution >= 4 is 9.84 Å². The summed E-state index contributed by atoms with van der Waals surface area (Å²) in [6.07, 6.45) is 1.89. The van der Waals surface area contributed by atoms with Crippen molar-refractivity contribution in [2.24, 2.45) is 0 Å². The minimum absolute atomic E-state index is 0. The fourth-order valence-corrected chi connectivity index (χ4v) is 0. The van der Waals surface area contributed by atoms with Gasteiger partial charge in [-0.05, 0) is 0 Å². The Morgan fingerprint density at radius 3 is 1.33 bits per heavy atom. The SMILES string of the molecule is [CH2-]S(=O)(=O)C(F)(F)F.[K+]. The van der Waals surface area contributed by atoms with E-state index in [0.717, 1.165) is 0 Å². The van der Waals surface area contributed by atoms with Crippen LogP contribution in [0.15, 0.2) is 0 Å². The summed E-state index contributed by atoms with van der Waals surface area (Å²) >= 11 is 0. The van der Waals surface area contributed by atoms with E-state index in [-0.39, 0.29) is 51.4 Å². The zero-order valence-corrected chi connectivity index (χ0v) is 8.51. The molecule has 0 aliphatic heterocycles. The Morgan fingerprint density at radius 2 is 1.33 bits per heavy atom. The molecule has 0 aliphatic carbocycles. The molecule has 0 rings (SSSR count). The smallest absolute Gasteiger partial charge is 0.254 e. The number of alkyl halides is 3. The molecule has 7 heteroatoms. The summed E-state index contributed by atoms with van der Waals surface area (Å²) < 4.78 is 51.6. The van der Waals surface area contributed by atoms with Crippen molar-refractivity contribution in [1.29, 1.82) is 0 Å². The van der Waals surface area contributed by atoms with Crippen LogP contribution in [0.25, 0.3) is 0 Å². The van der Waals surface area contributed by atoms with Crippen LogP contribution in [0, 0.1) is 6.26 Å². The van der Waals surface area contributed by atoms with Crippen LogP contribution in [0.2, 0.25) is 0 Å². The van der Waals surface area contributed by atoms with E-state index < -0.39 is 15.3 Å². The largest absolute Gasteiger partial charge is 1.00 e. The van der Waals surface area contributed by atoms with E-state index in [2.05, 4.69) is 0 Å². The van der Waals surface area contributed by atoms with Crippen molar-refractivity contribution in [2.45, 2.75) is 5.51 Å². The standard InChI is InChI=1S/C2H2F3O2S.K/c1-8(6,7)2(3,4)5;/h1H2;/q-1;+1. The first-order valence-electron chi connectivity index (χ1n) is 1.39. The van der Waals surface area contributed by atoms with Crippen LogP contribution in [-0.2, 0) is 9.84 Å². The third-order valence-electron chi connectivity index (χ3n) is 0.353. The molecular weight excluding hydrogens is 184 g/mol. The molecular formula is C2H2F3KO2S. The predicted octanol–water partition coefficient (Wildman–Crippen LogP) is -2.28. The van der Waals surface area contributed by atoms with Gasteiger partial charge < -0.3 is 0 Å². The summed E-state index contributed by atoms with van der Waals surface area (Å²) in [5.41, 5.74) is -5.20. The minimum atomic E-state index is -5.20. The molecule has 0 N–H and O–H groups in total. The molecule has 9 heavy (non-hydrogen) atoms. The molecule has 50 valence electrons. The van der Waals surface area contributed by atoms with Gasteiger partial charge in [-0.1, -0.05) is 0 Å². The van der Waals surface area contributed by atoms with Crippen molar-refractivity contribution in [2.75, 3.05) is 0 Å². The molecule has 0 bridgehead atoms. The van der Waals surface area contributed by atoms with Crippen LogP contribution in [-0.4, -0.2) is 13.9 Å². The van der Waals surface area contributed by atoms with Gasteiger partial charge in [-0.25, -0.2) is 6.26 Å². The molecule has 0 saturated carbocycles. The molecule has 0 heterocycles. The normalized spacial score (nSPS) is 12.4. The quantitative estimate of drug-likeness (QED) is 0.315. The molecule has 0 radical (unpaired) electrons. The Balaban J connectivity index is 0. The van der Waals surface area contributed by atoms with Crippen LogP contribution in [0.1, 0.15) is 0 Å². The van der Waals surface area contributed by atoms with Gasteiger partial charge in [0.15, 0.2) is 0 Å². The average Bonchev–Trinajstić information content (AvgIpc) is 1.25. The van der Waals surface area contributed by atoms with Crippen LogP contribution < -0.4 is 51.4 Å². The number of halogens is 3. The summed E-state index contributed by atoms with van der Waals surface area (Å²) in [5.74, 6) is 0. The molecule has 0 atom stereocenters. The molecule has 0 aromatic carbocycles. The van der Waals surface area contributed by atoms with Crippen molar-refractivity contribution in [3.8, 4) is 0 Å². The van der Waals surface area contributed by atoms with E-state index >= 15 is 0 Å². The first kappa shape index (κ1) is 13.0. The van der Waals surface area contributed by atoms with E-state index in [4.69, 9.17) is 0 Å². The molecule has 0 saturated heterocycles. The Morgan fingerprint density at radius 1 is 1.22 bits per heavy atom. The molecule has 0 amide bonds. The fourth-order valence-electron chi connectivity index (χ4n) is 0. The monoisotopic (exact) mass is 186 g/mol. The third kappa shape index (κ3) is 4.74. The molecule has 2 nitrogen and oxygen atoms in total. The van der Waals surface area contributed by atoms with E-state index in [1.54, 1.807) is 0 Å². The number of hydrogen-bond acceptors (Lipinski definition) is 2. The van der Waals surface area contributed by atoms with Crippen molar-refractivity contribution in [1.82, 2.24) is 0 Å². The molecule has 0 aromatic heterocycles. The Labute approximate surface area is 93.1 Å². The van der Waals surface area contributed by atoms with Gasteiger partial charge in [0.1, 0.15) is 9.84 Å². The summed E-state index contributed by atoms with van der Waals surface area (Å²) in [7, 11) is -5.09. The average molecular weight is 186 g/mol. The molecule has 0 unspecified atom stereocenters. The predicted molar refractivity (Wildman–Crippen MR) is 20.3 cm³/mol. The van der Waals surface area contributed by atoms with E-state index in [1.165, 1.54) is 0 Å². The van der Waals surface area contributed by atoms with Gasteiger partial charge in [0.05, 0.1) is 0 Å². The van der Waals surface area contributed by atoms with Crippen molar-refractivity contribution in [3.63, 3.8) is 0 Å². The van der Waals surface area contributed by atoms with E-state index in [1.807, 2.05) is 6.26 Å². The van der Waals surface area contributed by atoms with Crippen LogP contribution >= 0.6 is 0 Å². The summed E-state index contributed by atoms with van der Waals surface area (Å²) in [6.45, 7) is 0. The number of rotatable bonds is 0. The van der Waals surface area contributed by atoms with Gasteiger partial charge in [0.2, 0.25) is 0 Å². The van der Waals surface area contributed by atoms with Gasteiger partial charge >= 0.3 is 56.9 Å². The van der Waals surface area contributed by atoms with Gasteiger partial charge in [0.25, 0.3) is 0 Å². The first-order valence-corrected chi connectivity index (χ1v) is 3.05. The van der Waals surface area contributed by atoms with Crippen molar-refractivity contribution < 1.29 is 73.0 Å². The minimum Gasteiger partial charge on any atom is -0.254 e. The Bertz CT molecular complexity index is 169. The third-order valence-corrected chi connectivity index (χ3v) is 1.06. The molecule has 0 spiro atoms. The summed E-state index contributed by atoms with van der Waals surface area (Å²) in [4.78, 5) is 0. The van der Waals surface area contributed by atoms with E-state index in [0.29, 0.717) is 0 Å². The maximum Gasteiger partial charge on any atom is 1.00 e. The zero-order valence-electron chi connectivity index (χ0n) is 4.57. The second-order valence-electron chi connectivity index (χ2n) is 1.06. The first-order chi connectivity index (χ1) is 3.25. The van der Waals surface area contributed by atoms with E-state index in [9.17, 15) is 21.6 Å². The van der Waals surface area contributed by atoms with Crippen LogP contribution in [0.3, 0.4) is 0 Å². The second kappa shape index (κ2) is 3.68. The van der Waals surface area contributed by atoms with Gasteiger partial charge in [0, 0.05) is 0 Å². The number of hydrogen-bond donors (Lipinski definition) is 0.